The maximum absolute atomic E-state index is 8.36. The van der Waals surface area contributed by atoms with Crippen LogP contribution in [0.4, 0.5) is 0 Å². The van der Waals surface area contributed by atoms with Crippen molar-refractivity contribution in [1.29, 1.82) is 0 Å². The van der Waals surface area contributed by atoms with Gasteiger partial charge in [0.1, 0.15) is 0 Å². The molecule has 1 rings (SSSR count). The predicted molar refractivity (Wildman–Crippen MR) is 68.7 cm³/mol. The topological polar surface area (TPSA) is 12.9 Å². The van der Waals surface area contributed by atoms with E-state index in [9.17, 15) is 0 Å². The summed E-state index contributed by atoms with van der Waals surface area (Å²) in [5.41, 5.74) is 0.118. The van der Waals surface area contributed by atoms with E-state index in [2.05, 4.69) is 25.8 Å². The van der Waals surface area contributed by atoms with Crippen molar-refractivity contribution in [2.75, 3.05) is 0 Å². The van der Waals surface area contributed by atoms with E-state index in [1.54, 1.807) is 11.3 Å². The molecule has 0 radical (unpaired) electrons. The van der Waals surface area contributed by atoms with E-state index < -0.39 is 11.8 Å². The zero-order valence-corrected chi connectivity index (χ0v) is 11.7. The Morgan fingerprint density at radius 3 is 2.13 bits per heavy atom. The van der Waals surface area contributed by atoms with Crippen LogP contribution in [0.25, 0.3) is 0 Å². The second-order valence-corrected chi connectivity index (χ2v) is 7.24. The zero-order chi connectivity index (χ0) is 13.6. The maximum atomic E-state index is 8.36. The van der Waals surface area contributed by atoms with Crippen molar-refractivity contribution < 1.29 is 2.74 Å². The van der Waals surface area contributed by atoms with Gasteiger partial charge in [0.05, 0.1) is 10.7 Å². The highest BCUT2D eigenvalue weighted by Crippen LogP contribution is 2.34. The number of aromatic nitrogens is 1. The minimum Gasteiger partial charge on any atom is -0.246 e. The Bertz CT molecular complexity index is 408. The summed E-state index contributed by atoms with van der Waals surface area (Å²) in [5.74, 6) is 0. The monoisotopic (exact) mass is 227 g/mol. The second kappa shape index (κ2) is 3.89. The summed E-state index contributed by atoms with van der Waals surface area (Å²) >= 11 is 1.61. The van der Waals surface area contributed by atoms with Crippen LogP contribution in [-0.4, -0.2) is 4.98 Å². The van der Waals surface area contributed by atoms with Crippen LogP contribution in [0.5, 0.6) is 0 Å². The van der Waals surface area contributed by atoms with Gasteiger partial charge >= 0.3 is 0 Å². The minimum atomic E-state index is -1.40. The van der Waals surface area contributed by atoms with Crippen LogP contribution in [0.2, 0.25) is 0 Å². The smallest absolute Gasteiger partial charge is 0.0900 e. The number of rotatable bonds is 1. The Hall–Kier alpha value is -0.370. The minimum absolute atomic E-state index is 0.0557. The van der Waals surface area contributed by atoms with Crippen LogP contribution in [0, 0.1) is 12.3 Å². The van der Waals surface area contributed by atoms with Gasteiger partial charge < -0.3 is 0 Å². The molecule has 0 spiro atoms. The second-order valence-electron chi connectivity index (χ2n) is 6.04. The first-order chi connectivity index (χ1) is 7.37. The molecular weight excluding hydrogens is 202 g/mol. The van der Waals surface area contributed by atoms with E-state index in [0.29, 0.717) is 5.69 Å². The van der Waals surface area contributed by atoms with Crippen LogP contribution in [-0.2, 0) is 11.8 Å². The van der Waals surface area contributed by atoms with Gasteiger partial charge in [0.25, 0.3) is 0 Å². The summed E-state index contributed by atoms with van der Waals surface area (Å²) < 4.78 is 16.7. The molecule has 1 aromatic heterocycles. The van der Waals surface area contributed by atoms with Crippen molar-refractivity contribution in [2.45, 2.75) is 60.3 Å². The normalized spacial score (nSPS) is 16.2. The average molecular weight is 227 g/mol. The van der Waals surface area contributed by atoms with Gasteiger partial charge in [-0.3, -0.25) is 0 Å². The van der Waals surface area contributed by atoms with Gasteiger partial charge in [0.15, 0.2) is 0 Å². The first-order valence-electron chi connectivity index (χ1n) is 6.36. The van der Waals surface area contributed by atoms with Gasteiger partial charge in [-0.2, -0.15) is 0 Å². The fourth-order valence-electron chi connectivity index (χ4n) is 1.38. The standard InChI is InChI=1S/C13H23NS/c1-9-14-10(8-12(2,3)4)11(15-9)13(5,6)7/h8H2,1-7H3/i8D2. The van der Waals surface area contributed by atoms with Crippen LogP contribution >= 0.6 is 11.3 Å². The van der Waals surface area contributed by atoms with Crippen molar-refractivity contribution in [1.82, 2.24) is 4.98 Å². The molecule has 0 aliphatic rings. The van der Waals surface area contributed by atoms with E-state index >= 15 is 0 Å². The Morgan fingerprint density at radius 2 is 1.73 bits per heavy atom. The molecule has 86 valence electrons. The highest BCUT2D eigenvalue weighted by atomic mass is 32.1. The molecule has 0 bridgehead atoms. The van der Waals surface area contributed by atoms with E-state index in [1.165, 1.54) is 0 Å². The van der Waals surface area contributed by atoms with Crippen molar-refractivity contribution in [3.63, 3.8) is 0 Å². The molecule has 1 nitrogen and oxygen atoms in total. The largest absolute Gasteiger partial charge is 0.246 e. The predicted octanol–water partition coefficient (Wildman–Crippen LogP) is 4.34. The molecule has 2 heteroatoms. The molecule has 0 amide bonds. The summed E-state index contributed by atoms with van der Waals surface area (Å²) in [7, 11) is 0. The van der Waals surface area contributed by atoms with E-state index in [4.69, 9.17) is 2.74 Å². The molecule has 1 aromatic rings. The molecule has 0 atom stereocenters. The number of hydrogen-bond acceptors (Lipinski definition) is 2. The molecule has 0 aliphatic heterocycles. The first-order valence-corrected chi connectivity index (χ1v) is 6.17. The Kier molecular flexibility index (Phi) is 2.55. The van der Waals surface area contributed by atoms with Crippen LogP contribution in [0.1, 0.15) is 59.9 Å². The summed E-state index contributed by atoms with van der Waals surface area (Å²) in [6, 6.07) is 0. The summed E-state index contributed by atoms with van der Waals surface area (Å²) in [4.78, 5) is 5.52. The summed E-state index contributed by atoms with van der Waals surface area (Å²) in [6.45, 7) is 14.1. The quantitative estimate of drug-likeness (QED) is 0.695. The molecule has 0 saturated carbocycles. The third-order valence-electron chi connectivity index (χ3n) is 1.91. The third kappa shape index (κ3) is 3.60. The number of hydrogen-bond donors (Lipinski definition) is 0. The average Bonchev–Trinajstić information content (AvgIpc) is 2.44. The van der Waals surface area contributed by atoms with Crippen molar-refractivity contribution >= 4 is 11.3 Å². The van der Waals surface area contributed by atoms with Crippen LogP contribution in [0.3, 0.4) is 0 Å². The zero-order valence-electron chi connectivity index (χ0n) is 12.9. The van der Waals surface area contributed by atoms with Crippen molar-refractivity contribution in [3.8, 4) is 0 Å². The van der Waals surface area contributed by atoms with E-state index in [0.717, 1.165) is 9.88 Å². The summed E-state index contributed by atoms with van der Waals surface area (Å²) in [6.07, 6.45) is -1.40. The Balaban J connectivity index is 3.42. The van der Waals surface area contributed by atoms with Gasteiger partial charge in [-0.25, -0.2) is 4.98 Å². The number of aryl methyl sites for hydroxylation is 1. The van der Waals surface area contributed by atoms with Gasteiger partial charge in [-0.15, -0.1) is 11.3 Å². The maximum Gasteiger partial charge on any atom is 0.0900 e. The van der Waals surface area contributed by atoms with Crippen LogP contribution in [0.15, 0.2) is 0 Å². The summed E-state index contributed by atoms with van der Waals surface area (Å²) in [5, 5.41) is 0.943. The van der Waals surface area contributed by atoms with E-state index in [1.807, 2.05) is 27.7 Å². The third-order valence-corrected chi connectivity index (χ3v) is 3.31. The van der Waals surface area contributed by atoms with Crippen molar-refractivity contribution in [3.05, 3.63) is 15.6 Å². The Morgan fingerprint density at radius 1 is 1.20 bits per heavy atom. The van der Waals surface area contributed by atoms with E-state index in [-0.39, 0.29) is 5.41 Å². The first kappa shape index (κ1) is 9.83. The molecule has 0 N–H and O–H groups in total. The lowest BCUT2D eigenvalue weighted by Gasteiger charge is -2.22. The lowest BCUT2D eigenvalue weighted by atomic mass is 9.86. The number of thiazole rings is 1. The van der Waals surface area contributed by atoms with Gasteiger partial charge in [0.2, 0.25) is 0 Å². The SMILES string of the molecule is [2H]C([2H])(c1nc(C)sc1C(C)(C)C)C(C)(C)C. The highest BCUT2D eigenvalue weighted by Gasteiger charge is 2.24. The Labute approximate surface area is 101 Å². The fourth-order valence-corrected chi connectivity index (χ4v) is 2.31. The molecule has 1 heterocycles. The fraction of sp³-hybridized carbons (Fsp3) is 0.769. The lowest BCUT2D eigenvalue weighted by Crippen LogP contribution is -2.16. The van der Waals surface area contributed by atoms with Crippen molar-refractivity contribution in [2.24, 2.45) is 5.41 Å². The van der Waals surface area contributed by atoms with Gasteiger partial charge in [-0.05, 0) is 24.1 Å². The molecule has 15 heavy (non-hydrogen) atoms. The number of nitrogens with zero attached hydrogens (tertiary/aromatic N) is 1. The van der Waals surface area contributed by atoms with Gasteiger partial charge in [0, 0.05) is 7.62 Å². The molecule has 0 unspecified atom stereocenters. The van der Waals surface area contributed by atoms with Crippen LogP contribution < -0.4 is 0 Å². The molecular formula is C13H23NS. The molecule has 0 saturated heterocycles. The lowest BCUT2D eigenvalue weighted by molar-refractivity contribution is 0.402. The molecule has 0 aliphatic carbocycles. The molecule has 0 fully saturated rings. The highest BCUT2D eigenvalue weighted by molar-refractivity contribution is 7.11. The molecule has 0 aromatic carbocycles. The van der Waals surface area contributed by atoms with Gasteiger partial charge in [-0.1, -0.05) is 41.5 Å².